The van der Waals surface area contributed by atoms with Crippen LogP contribution in [0.15, 0.2) is 36.4 Å². The highest BCUT2D eigenvalue weighted by atomic mass is 19.4. The molecule has 2 N–H and O–H groups in total. The van der Waals surface area contributed by atoms with Crippen molar-refractivity contribution in [2.75, 3.05) is 5.48 Å². The molecule has 0 aliphatic rings. The number of anilines is 1. The van der Waals surface area contributed by atoms with E-state index < -0.39 is 34.1 Å². The van der Waals surface area contributed by atoms with Gasteiger partial charge in [-0.05, 0) is 49.2 Å². The van der Waals surface area contributed by atoms with Gasteiger partial charge in [0, 0.05) is 12.1 Å². The van der Waals surface area contributed by atoms with Gasteiger partial charge in [-0.15, -0.1) is 0 Å². The van der Waals surface area contributed by atoms with Gasteiger partial charge in [0.05, 0.1) is 21.7 Å². The molecule has 0 radical (unpaired) electrons. The van der Waals surface area contributed by atoms with E-state index in [1.165, 1.54) is 19.9 Å². The Labute approximate surface area is 156 Å². The Kier molecular flexibility index (Phi) is 8.45. The maximum atomic E-state index is 12.2. The smallest absolute Gasteiger partial charge is 0.291 e. The van der Waals surface area contributed by atoms with Crippen LogP contribution >= 0.6 is 0 Å². The molecule has 0 unspecified atom stereocenters. The zero-order valence-electron chi connectivity index (χ0n) is 13.9. The molecule has 156 valence electrons. The van der Waals surface area contributed by atoms with E-state index in [4.69, 9.17) is 5.21 Å². The molecule has 0 spiro atoms. The van der Waals surface area contributed by atoms with E-state index in [0.29, 0.717) is 11.6 Å². The highest BCUT2D eigenvalue weighted by Gasteiger charge is 2.32. The van der Waals surface area contributed by atoms with Crippen LogP contribution in [0.1, 0.15) is 29.7 Å². The van der Waals surface area contributed by atoms with Crippen LogP contribution in [-0.4, -0.2) is 10.1 Å². The molecule has 0 aliphatic carbocycles. The van der Waals surface area contributed by atoms with Crippen LogP contribution in [0.5, 0.6) is 0 Å². The van der Waals surface area contributed by atoms with Gasteiger partial charge in [-0.2, -0.15) is 26.3 Å². The molecule has 0 aliphatic heterocycles. The van der Waals surface area contributed by atoms with Gasteiger partial charge in [0.15, 0.2) is 0 Å². The lowest BCUT2D eigenvalue weighted by atomic mass is 10.1. The van der Waals surface area contributed by atoms with Gasteiger partial charge in [-0.25, -0.2) is 0 Å². The number of nitrogens with zero attached hydrogens (tertiary/aromatic N) is 1. The van der Waals surface area contributed by atoms with Crippen LogP contribution in [0.3, 0.4) is 0 Å². The lowest BCUT2D eigenvalue weighted by Crippen LogP contribution is -2.06. The largest absolute Gasteiger partial charge is 0.416 e. The number of hydrogen-bond acceptors (Lipinski definition) is 4. The van der Waals surface area contributed by atoms with E-state index in [2.05, 4.69) is 0 Å². The number of rotatable bonds is 2. The number of benzene rings is 2. The molecule has 0 heterocycles. The van der Waals surface area contributed by atoms with Crippen molar-refractivity contribution in [3.63, 3.8) is 0 Å². The standard InChI is InChI=1S/C8H6F3NO2.C8H8F3NO.CH4/c1-5-2-6(8(9,10)11)4-7(3-5)12(13)14;1-5-2-6(8(9,10)11)4-7(3-5)12-13;/h2-4H,1H3;2-4,12-13H,1H3;1H4. The number of halogens is 6. The summed E-state index contributed by atoms with van der Waals surface area (Å²) in [5.41, 5.74) is 0.0514. The highest BCUT2D eigenvalue weighted by Crippen LogP contribution is 2.32. The quantitative estimate of drug-likeness (QED) is 0.341. The minimum atomic E-state index is -4.54. The van der Waals surface area contributed by atoms with Gasteiger partial charge in [-0.3, -0.25) is 20.8 Å². The Morgan fingerprint density at radius 1 is 0.857 bits per heavy atom. The highest BCUT2D eigenvalue weighted by molar-refractivity contribution is 5.47. The van der Waals surface area contributed by atoms with Gasteiger partial charge in [0.2, 0.25) is 0 Å². The minimum absolute atomic E-state index is 0. The van der Waals surface area contributed by atoms with Gasteiger partial charge in [0.1, 0.15) is 0 Å². The Bertz CT molecular complexity index is 820. The van der Waals surface area contributed by atoms with Gasteiger partial charge in [-0.1, -0.05) is 7.43 Å². The summed E-state index contributed by atoms with van der Waals surface area (Å²) in [5, 5.41) is 18.7. The lowest BCUT2D eigenvalue weighted by Gasteiger charge is -2.09. The monoisotopic (exact) mass is 412 g/mol. The molecule has 0 saturated heterocycles. The fourth-order valence-corrected chi connectivity index (χ4v) is 2.04. The van der Waals surface area contributed by atoms with E-state index in [1.54, 1.807) is 5.48 Å². The summed E-state index contributed by atoms with van der Waals surface area (Å²) in [6.45, 7) is 2.90. The summed E-state index contributed by atoms with van der Waals surface area (Å²) in [6.07, 6.45) is -8.92. The van der Waals surface area contributed by atoms with Crippen LogP contribution < -0.4 is 5.48 Å². The lowest BCUT2D eigenvalue weighted by molar-refractivity contribution is -0.385. The van der Waals surface area contributed by atoms with E-state index in [-0.39, 0.29) is 18.7 Å². The molecule has 0 bridgehead atoms. The number of nitrogens with one attached hydrogen (secondary N) is 1. The predicted octanol–water partition coefficient (Wildman–Crippen LogP) is 6.37. The first-order chi connectivity index (χ1) is 12.2. The molecular weight excluding hydrogens is 394 g/mol. The van der Waals surface area contributed by atoms with Crippen molar-refractivity contribution < 1.29 is 36.5 Å². The number of alkyl halides is 6. The summed E-state index contributed by atoms with van der Waals surface area (Å²) in [5.74, 6) is 0. The SMILES string of the molecule is C.Cc1cc(NO)cc(C(F)(F)F)c1.Cc1cc([N+](=O)[O-])cc(C(F)(F)F)c1. The summed E-state index contributed by atoms with van der Waals surface area (Å²) in [4.78, 5) is 9.43. The Balaban J connectivity index is 0.000000504. The molecule has 2 aromatic carbocycles. The molecule has 28 heavy (non-hydrogen) atoms. The van der Waals surface area contributed by atoms with Crippen molar-refractivity contribution in [2.45, 2.75) is 33.6 Å². The average Bonchev–Trinajstić information content (AvgIpc) is 2.52. The van der Waals surface area contributed by atoms with E-state index in [1.807, 2.05) is 0 Å². The van der Waals surface area contributed by atoms with Crippen molar-refractivity contribution >= 4 is 11.4 Å². The topological polar surface area (TPSA) is 75.4 Å². The average molecular weight is 412 g/mol. The molecule has 0 atom stereocenters. The molecule has 0 saturated carbocycles. The summed E-state index contributed by atoms with van der Waals surface area (Å²) in [7, 11) is 0. The van der Waals surface area contributed by atoms with Crippen molar-refractivity contribution in [3.8, 4) is 0 Å². The third-order valence-electron chi connectivity index (χ3n) is 3.13. The summed E-state index contributed by atoms with van der Waals surface area (Å²) in [6, 6.07) is 5.75. The number of nitro groups is 1. The first-order valence-electron chi connectivity index (χ1n) is 7.16. The van der Waals surface area contributed by atoms with Crippen LogP contribution in [0.25, 0.3) is 0 Å². The first kappa shape index (κ1) is 25.2. The number of aryl methyl sites for hydroxylation is 2. The van der Waals surface area contributed by atoms with Crippen LogP contribution in [-0.2, 0) is 12.4 Å². The molecule has 5 nitrogen and oxygen atoms in total. The number of non-ortho nitro benzene ring substituents is 1. The maximum absolute atomic E-state index is 12.2. The third-order valence-corrected chi connectivity index (χ3v) is 3.13. The van der Waals surface area contributed by atoms with Crippen molar-refractivity contribution in [3.05, 3.63) is 68.8 Å². The minimum Gasteiger partial charge on any atom is -0.291 e. The normalized spacial score (nSPS) is 11.0. The molecule has 2 rings (SSSR count). The van der Waals surface area contributed by atoms with E-state index in [9.17, 15) is 36.5 Å². The molecule has 0 aromatic heterocycles. The zero-order chi connectivity index (χ0) is 21.0. The molecular formula is C17H18F6N2O3. The Morgan fingerprint density at radius 2 is 1.29 bits per heavy atom. The van der Waals surface area contributed by atoms with Gasteiger partial charge in [0.25, 0.3) is 5.69 Å². The fourth-order valence-electron chi connectivity index (χ4n) is 2.04. The summed E-state index contributed by atoms with van der Waals surface area (Å²) >= 11 is 0. The second kappa shape index (κ2) is 9.40. The Morgan fingerprint density at radius 3 is 1.68 bits per heavy atom. The van der Waals surface area contributed by atoms with Gasteiger partial charge < -0.3 is 0 Å². The zero-order valence-corrected chi connectivity index (χ0v) is 13.9. The van der Waals surface area contributed by atoms with Crippen LogP contribution in [0, 0.1) is 24.0 Å². The van der Waals surface area contributed by atoms with Crippen LogP contribution in [0.4, 0.5) is 37.7 Å². The van der Waals surface area contributed by atoms with E-state index >= 15 is 0 Å². The predicted molar refractivity (Wildman–Crippen MR) is 91.2 cm³/mol. The summed E-state index contributed by atoms with van der Waals surface area (Å²) < 4.78 is 73.1. The number of nitro benzene ring substituents is 1. The molecule has 0 fully saturated rings. The first-order valence-corrected chi connectivity index (χ1v) is 7.16. The molecule has 11 heteroatoms. The van der Waals surface area contributed by atoms with Crippen molar-refractivity contribution in [1.29, 1.82) is 0 Å². The van der Waals surface area contributed by atoms with E-state index in [0.717, 1.165) is 24.3 Å². The third kappa shape index (κ3) is 7.43. The van der Waals surface area contributed by atoms with Crippen molar-refractivity contribution in [2.24, 2.45) is 0 Å². The maximum Gasteiger partial charge on any atom is 0.416 e. The molecule has 2 aromatic rings. The number of hydrogen-bond donors (Lipinski definition) is 2. The van der Waals surface area contributed by atoms with Gasteiger partial charge >= 0.3 is 12.4 Å². The van der Waals surface area contributed by atoms with Crippen LogP contribution in [0.2, 0.25) is 0 Å². The second-order valence-corrected chi connectivity index (χ2v) is 5.51. The van der Waals surface area contributed by atoms with Crippen molar-refractivity contribution in [1.82, 2.24) is 0 Å². The fraction of sp³-hybridized carbons (Fsp3) is 0.294. The Hall–Kier alpha value is -2.82. The second-order valence-electron chi connectivity index (χ2n) is 5.51. The molecule has 0 amide bonds.